The number of sulfonamides is 1. The van der Waals surface area contributed by atoms with Gasteiger partial charge in [-0.15, -0.1) is 0 Å². The third kappa shape index (κ3) is 6.05. The minimum atomic E-state index is -3.84. The third-order valence-corrected chi connectivity index (χ3v) is 6.91. The molecule has 0 spiro atoms. The maximum atomic E-state index is 12.7. The number of hydrogen-bond acceptors (Lipinski definition) is 5. The Hall–Kier alpha value is -2.91. The lowest BCUT2D eigenvalue weighted by molar-refractivity contribution is -0.132. The molecule has 9 heteroatoms. The number of nitrogens with zero attached hydrogens (tertiary/aromatic N) is 1. The van der Waals surface area contributed by atoms with Crippen molar-refractivity contribution in [2.24, 2.45) is 0 Å². The third-order valence-electron chi connectivity index (χ3n) is 5.11. The van der Waals surface area contributed by atoms with Crippen LogP contribution in [0, 0.1) is 27.7 Å². The lowest BCUT2D eigenvalue weighted by Crippen LogP contribution is -2.50. The molecule has 0 saturated carbocycles. The summed E-state index contributed by atoms with van der Waals surface area (Å²) < 4.78 is 31.9. The summed E-state index contributed by atoms with van der Waals surface area (Å²) in [5.74, 6) is -0.663. The zero-order chi connectivity index (χ0) is 23.3. The zero-order valence-electron chi connectivity index (χ0n) is 18.6. The highest BCUT2D eigenvalue weighted by atomic mass is 32.2. The monoisotopic (exact) mass is 447 g/mol. The van der Waals surface area contributed by atoms with Crippen LogP contribution in [0.25, 0.3) is 0 Å². The van der Waals surface area contributed by atoms with E-state index in [2.05, 4.69) is 10.9 Å². The van der Waals surface area contributed by atoms with Crippen molar-refractivity contribution in [1.29, 1.82) is 0 Å². The summed E-state index contributed by atoms with van der Waals surface area (Å²) in [5, 5.41) is 0. The smallest absolute Gasteiger partial charge is 0.279 e. The van der Waals surface area contributed by atoms with Crippen molar-refractivity contribution in [2.75, 3.05) is 13.6 Å². The first-order valence-corrected chi connectivity index (χ1v) is 11.2. The van der Waals surface area contributed by atoms with Gasteiger partial charge in [0.1, 0.15) is 5.75 Å². The SMILES string of the molecule is Cc1ccc(S(=O)(=O)N(C)CC(=O)NNC(=O)[C@@H](C)Oc2cccc(C)c2C)cc1C. The van der Waals surface area contributed by atoms with Crippen molar-refractivity contribution < 1.29 is 22.7 Å². The van der Waals surface area contributed by atoms with Crippen LogP contribution in [0.3, 0.4) is 0 Å². The molecule has 0 saturated heterocycles. The van der Waals surface area contributed by atoms with Crippen LogP contribution in [-0.2, 0) is 19.6 Å². The molecule has 2 amide bonds. The van der Waals surface area contributed by atoms with Gasteiger partial charge in [0.25, 0.3) is 11.8 Å². The molecule has 0 radical (unpaired) electrons. The quantitative estimate of drug-likeness (QED) is 0.633. The van der Waals surface area contributed by atoms with Gasteiger partial charge in [-0.1, -0.05) is 18.2 Å². The fourth-order valence-electron chi connectivity index (χ4n) is 2.71. The van der Waals surface area contributed by atoms with E-state index in [0.717, 1.165) is 26.6 Å². The van der Waals surface area contributed by atoms with Crippen LogP contribution in [0.4, 0.5) is 0 Å². The average Bonchev–Trinajstić information content (AvgIpc) is 2.71. The van der Waals surface area contributed by atoms with Crippen molar-refractivity contribution in [3.05, 3.63) is 58.7 Å². The van der Waals surface area contributed by atoms with Gasteiger partial charge < -0.3 is 4.74 Å². The molecule has 0 aliphatic carbocycles. The Balaban J connectivity index is 1.92. The topological polar surface area (TPSA) is 105 Å². The molecule has 2 aromatic rings. The first kappa shape index (κ1) is 24.4. The minimum absolute atomic E-state index is 0.102. The van der Waals surface area contributed by atoms with Gasteiger partial charge in [0, 0.05) is 7.05 Å². The molecule has 0 aromatic heterocycles. The number of amides is 2. The molecule has 0 bridgehead atoms. The van der Waals surface area contributed by atoms with Crippen LogP contribution in [0.5, 0.6) is 5.75 Å². The maximum Gasteiger partial charge on any atom is 0.279 e. The summed E-state index contributed by atoms with van der Waals surface area (Å²) in [6.07, 6.45) is -0.863. The summed E-state index contributed by atoms with van der Waals surface area (Å²) in [5.41, 5.74) is 8.25. The van der Waals surface area contributed by atoms with Gasteiger partial charge in [-0.05, 0) is 75.1 Å². The van der Waals surface area contributed by atoms with Crippen LogP contribution in [0.15, 0.2) is 41.3 Å². The first-order valence-electron chi connectivity index (χ1n) is 9.78. The molecular weight excluding hydrogens is 418 g/mol. The highest BCUT2D eigenvalue weighted by Gasteiger charge is 2.24. The van der Waals surface area contributed by atoms with Gasteiger partial charge in [0.15, 0.2) is 6.10 Å². The van der Waals surface area contributed by atoms with Crippen LogP contribution in [-0.4, -0.2) is 44.2 Å². The van der Waals surface area contributed by atoms with Crippen molar-refractivity contribution in [2.45, 2.75) is 45.6 Å². The number of likely N-dealkylation sites (N-methyl/N-ethyl adjacent to an activating group) is 1. The van der Waals surface area contributed by atoms with Gasteiger partial charge in [0.05, 0.1) is 11.4 Å². The van der Waals surface area contributed by atoms with E-state index in [9.17, 15) is 18.0 Å². The Labute approximate surface area is 183 Å². The average molecular weight is 448 g/mol. The second-order valence-electron chi connectivity index (χ2n) is 7.50. The number of hydrazine groups is 1. The van der Waals surface area contributed by atoms with E-state index in [4.69, 9.17) is 4.74 Å². The van der Waals surface area contributed by atoms with Crippen LogP contribution in [0.1, 0.15) is 29.2 Å². The lowest BCUT2D eigenvalue weighted by atomic mass is 10.1. The summed E-state index contributed by atoms with van der Waals surface area (Å²) in [4.78, 5) is 24.5. The molecule has 2 N–H and O–H groups in total. The summed E-state index contributed by atoms with van der Waals surface area (Å²) >= 11 is 0. The lowest BCUT2D eigenvalue weighted by Gasteiger charge is -2.19. The van der Waals surface area contributed by atoms with Gasteiger partial charge in [-0.2, -0.15) is 4.31 Å². The van der Waals surface area contributed by atoms with E-state index in [0.29, 0.717) is 5.75 Å². The Bertz CT molecular complexity index is 1080. The zero-order valence-corrected chi connectivity index (χ0v) is 19.5. The molecule has 168 valence electrons. The number of rotatable bonds is 7. The normalized spacial score (nSPS) is 12.4. The number of nitrogens with one attached hydrogen (secondary N) is 2. The Morgan fingerprint density at radius 1 is 1.00 bits per heavy atom. The molecule has 31 heavy (non-hydrogen) atoms. The van der Waals surface area contributed by atoms with E-state index in [1.54, 1.807) is 25.1 Å². The second-order valence-corrected chi connectivity index (χ2v) is 9.55. The van der Waals surface area contributed by atoms with E-state index in [1.807, 2.05) is 39.8 Å². The van der Waals surface area contributed by atoms with Crippen molar-refractivity contribution >= 4 is 21.8 Å². The number of aryl methyl sites for hydroxylation is 3. The molecule has 8 nitrogen and oxygen atoms in total. The largest absolute Gasteiger partial charge is 0.481 e. The summed E-state index contributed by atoms with van der Waals surface area (Å²) in [6, 6.07) is 10.3. The number of ether oxygens (including phenoxy) is 1. The van der Waals surface area contributed by atoms with Crippen LogP contribution in [0.2, 0.25) is 0 Å². The fraction of sp³-hybridized carbons (Fsp3) is 0.364. The summed E-state index contributed by atoms with van der Waals surface area (Å²) in [6.45, 7) is 8.63. The van der Waals surface area contributed by atoms with Crippen molar-refractivity contribution in [3.8, 4) is 5.75 Å². The Morgan fingerprint density at radius 2 is 1.68 bits per heavy atom. The van der Waals surface area contributed by atoms with Crippen molar-refractivity contribution in [3.63, 3.8) is 0 Å². The summed E-state index contributed by atoms with van der Waals surface area (Å²) in [7, 11) is -2.54. The number of hydrogen-bond donors (Lipinski definition) is 2. The van der Waals surface area contributed by atoms with Gasteiger partial charge >= 0.3 is 0 Å². The fourth-order valence-corrected chi connectivity index (χ4v) is 3.92. The molecule has 0 heterocycles. The van der Waals surface area contributed by atoms with E-state index < -0.39 is 34.5 Å². The Morgan fingerprint density at radius 3 is 2.32 bits per heavy atom. The number of benzene rings is 2. The second kappa shape index (κ2) is 9.93. The first-order chi connectivity index (χ1) is 14.4. The standard InChI is InChI=1S/C22H29N3O5S/c1-14-10-11-19(12-16(14)3)31(28,29)25(6)13-21(26)23-24-22(27)18(5)30-20-9-7-8-15(2)17(20)4/h7-12,18H,13H2,1-6H3,(H,23,26)(H,24,27)/t18-/m1/s1. The van der Waals surface area contributed by atoms with E-state index in [1.165, 1.54) is 13.1 Å². The molecule has 0 fully saturated rings. The van der Waals surface area contributed by atoms with Gasteiger partial charge in [-0.25, -0.2) is 8.42 Å². The molecule has 1 atom stereocenters. The molecule has 0 aliphatic rings. The molecule has 2 aromatic carbocycles. The molecular formula is C22H29N3O5S. The predicted octanol–water partition coefficient (Wildman–Crippen LogP) is 2.16. The van der Waals surface area contributed by atoms with E-state index >= 15 is 0 Å². The maximum absolute atomic E-state index is 12.7. The molecule has 2 rings (SSSR count). The van der Waals surface area contributed by atoms with Crippen LogP contribution < -0.4 is 15.6 Å². The van der Waals surface area contributed by atoms with Gasteiger partial charge in [0.2, 0.25) is 10.0 Å². The number of carbonyl (C=O) groups excluding carboxylic acids is 2. The van der Waals surface area contributed by atoms with E-state index in [-0.39, 0.29) is 4.90 Å². The Kier molecular flexibility index (Phi) is 7.80. The predicted molar refractivity (Wildman–Crippen MR) is 118 cm³/mol. The van der Waals surface area contributed by atoms with Gasteiger partial charge in [-0.3, -0.25) is 20.4 Å². The van der Waals surface area contributed by atoms with Crippen LogP contribution >= 0.6 is 0 Å². The highest BCUT2D eigenvalue weighted by molar-refractivity contribution is 7.89. The molecule has 0 aliphatic heterocycles. The number of carbonyl (C=O) groups is 2. The molecule has 0 unspecified atom stereocenters. The van der Waals surface area contributed by atoms with Crippen molar-refractivity contribution in [1.82, 2.24) is 15.2 Å². The minimum Gasteiger partial charge on any atom is -0.481 e. The highest BCUT2D eigenvalue weighted by Crippen LogP contribution is 2.21.